The van der Waals surface area contributed by atoms with Crippen molar-refractivity contribution in [2.24, 2.45) is 0 Å². The summed E-state index contributed by atoms with van der Waals surface area (Å²) in [5.74, 6) is 0.00739. The van der Waals surface area contributed by atoms with E-state index < -0.39 is 10.2 Å². The standard InChI is InChI=1S/C18H17N5O4S2/c1-11(16(24)20-14-10-13(23(25)26)8-9-15(14)27-2)28-18-22-21-17(29-18)19-12-6-4-3-5-7-12/h3-11H,1-2H3,(H,19,21)(H,20,24). The monoisotopic (exact) mass is 431 g/mol. The van der Waals surface area contributed by atoms with Crippen LogP contribution in [0, 0.1) is 10.1 Å². The lowest BCUT2D eigenvalue weighted by Gasteiger charge is -2.13. The molecule has 11 heteroatoms. The number of para-hydroxylation sites is 1. The number of non-ortho nitro benzene ring substituents is 1. The molecular formula is C18H17N5O4S2. The second kappa shape index (κ2) is 9.34. The maximum Gasteiger partial charge on any atom is 0.271 e. The Morgan fingerprint density at radius 3 is 2.69 bits per heavy atom. The molecule has 1 amide bonds. The van der Waals surface area contributed by atoms with Gasteiger partial charge in [-0.15, -0.1) is 10.2 Å². The number of carbonyl (C=O) groups excluding carboxylic acids is 1. The number of amides is 1. The number of hydrogen-bond acceptors (Lipinski definition) is 9. The van der Waals surface area contributed by atoms with Gasteiger partial charge in [-0.25, -0.2) is 0 Å². The lowest BCUT2D eigenvalue weighted by atomic mass is 10.2. The molecule has 0 aliphatic carbocycles. The Morgan fingerprint density at radius 2 is 2.00 bits per heavy atom. The number of anilines is 3. The maximum atomic E-state index is 12.5. The zero-order chi connectivity index (χ0) is 20.8. The predicted molar refractivity (Wildman–Crippen MR) is 113 cm³/mol. The van der Waals surface area contributed by atoms with Gasteiger partial charge in [0.1, 0.15) is 5.75 Å². The second-order valence-corrected chi connectivity index (χ2v) is 8.32. The minimum Gasteiger partial charge on any atom is -0.495 e. The molecule has 3 rings (SSSR count). The summed E-state index contributed by atoms with van der Waals surface area (Å²) in [5, 5.41) is 25.1. The lowest BCUT2D eigenvalue weighted by Crippen LogP contribution is -2.22. The summed E-state index contributed by atoms with van der Waals surface area (Å²) in [6.07, 6.45) is 0. The smallest absolute Gasteiger partial charge is 0.271 e. The molecule has 0 saturated carbocycles. The van der Waals surface area contributed by atoms with Crippen LogP contribution in [-0.2, 0) is 4.79 Å². The Labute approximate surface area is 174 Å². The Hall–Kier alpha value is -3.18. The summed E-state index contributed by atoms with van der Waals surface area (Å²) >= 11 is 2.57. The first-order valence-electron chi connectivity index (χ1n) is 8.42. The molecule has 1 unspecified atom stereocenters. The third kappa shape index (κ3) is 5.42. The number of rotatable bonds is 8. The van der Waals surface area contributed by atoms with Crippen molar-refractivity contribution in [3.05, 3.63) is 58.6 Å². The molecule has 0 spiro atoms. The van der Waals surface area contributed by atoms with Crippen molar-refractivity contribution in [1.29, 1.82) is 0 Å². The quantitative estimate of drug-likeness (QED) is 0.307. The highest BCUT2D eigenvalue weighted by Gasteiger charge is 2.20. The molecule has 3 aromatic rings. The minimum absolute atomic E-state index is 0.137. The van der Waals surface area contributed by atoms with Gasteiger partial charge in [-0.2, -0.15) is 0 Å². The average molecular weight is 431 g/mol. The molecular weight excluding hydrogens is 414 g/mol. The molecule has 150 valence electrons. The molecule has 0 aliphatic rings. The van der Waals surface area contributed by atoms with Crippen molar-refractivity contribution in [3.8, 4) is 5.75 Å². The van der Waals surface area contributed by atoms with Crippen LogP contribution in [0.2, 0.25) is 0 Å². The first-order valence-corrected chi connectivity index (χ1v) is 10.1. The van der Waals surface area contributed by atoms with Crippen LogP contribution in [0.5, 0.6) is 5.75 Å². The van der Waals surface area contributed by atoms with Crippen molar-refractivity contribution in [3.63, 3.8) is 0 Å². The van der Waals surface area contributed by atoms with Crippen molar-refractivity contribution >= 4 is 51.2 Å². The molecule has 1 atom stereocenters. The van der Waals surface area contributed by atoms with Crippen LogP contribution >= 0.6 is 23.1 Å². The van der Waals surface area contributed by atoms with Gasteiger partial charge in [0, 0.05) is 17.8 Å². The average Bonchev–Trinajstić information content (AvgIpc) is 3.15. The number of carbonyl (C=O) groups is 1. The molecule has 9 nitrogen and oxygen atoms in total. The summed E-state index contributed by atoms with van der Waals surface area (Å²) in [6.45, 7) is 1.72. The maximum absolute atomic E-state index is 12.5. The largest absolute Gasteiger partial charge is 0.495 e. The van der Waals surface area contributed by atoms with Crippen LogP contribution in [-0.4, -0.2) is 33.4 Å². The van der Waals surface area contributed by atoms with E-state index >= 15 is 0 Å². The minimum atomic E-state index is -0.532. The summed E-state index contributed by atoms with van der Waals surface area (Å²) < 4.78 is 5.79. The summed E-state index contributed by atoms with van der Waals surface area (Å²) in [5.41, 5.74) is 0.994. The molecule has 2 aromatic carbocycles. The van der Waals surface area contributed by atoms with E-state index in [0.717, 1.165) is 5.69 Å². The summed E-state index contributed by atoms with van der Waals surface area (Å²) in [6, 6.07) is 13.6. The van der Waals surface area contributed by atoms with Crippen molar-refractivity contribution < 1.29 is 14.5 Å². The molecule has 0 radical (unpaired) electrons. The van der Waals surface area contributed by atoms with Crippen LogP contribution in [0.15, 0.2) is 52.9 Å². The van der Waals surface area contributed by atoms with Crippen molar-refractivity contribution in [2.75, 3.05) is 17.7 Å². The van der Waals surface area contributed by atoms with Crippen LogP contribution < -0.4 is 15.4 Å². The normalized spacial score (nSPS) is 11.5. The number of methoxy groups -OCH3 is 1. The van der Waals surface area contributed by atoms with Crippen molar-refractivity contribution in [2.45, 2.75) is 16.5 Å². The van der Waals surface area contributed by atoms with Gasteiger partial charge in [-0.3, -0.25) is 14.9 Å². The zero-order valence-electron chi connectivity index (χ0n) is 15.5. The van der Waals surface area contributed by atoms with E-state index in [0.29, 0.717) is 15.2 Å². The first-order chi connectivity index (χ1) is 14.0. The summed E-state index contributed by atoms with van der Waals surface area (Å²) in [7, 11) is 1.43. The fourth-order valence-corrected chi connectivity index (χ4v) is 4.22. The van der Waals surface area contributed by atoms with E-state index in [1.165, 1.54) is 48.4 Å². The van der Waals surface area contributed by atoms with Crippen molar-refractivity contribution in [1.82, 2.24) is 10.2 Å². The molecule has 0 aliphatic heterocycles. The number of nitro benzene ring substituents is 1. The Balaban J connectivity index is 1.64. The fourth-order valence-electron chi connectivity index (χ4n) is 2.30. The number of benzene rings is 2. The zero-order valence-corrected chi connectivity index (χ0v) is 17.1. The first kappa shape index (κ1) is 20.6. The van der Waals surface area contributed by atoms with E-state index in [4.69, 9.17) is 4.74 Å². The lowest BCUT2D eigenvalue weighted by molar-refractivity contribution is -0.384. The van der Waals surface area contributed by atoms with Gasteiger partial charge in [-0.05, 0) is 25.1 Å². The number of nitrogens with zero attached hydrogens (tertiary/aromatic N) is 3. The van der Waals surface area contributed by atoms with Crippen LogP contribution in [0.4, 0.5) is 22.2 Å². The molecule has 1 heterocycles. The van der Waals surface area contributed by atoms with E-state index in [-0.39, 0.29) is 17.3 Å². The number of ether oxygens (including phenoxy) is 1. The third-order valence-corrected chi connectivity index (χ3v) is 5.75. The predicted octanol–water partition coefficient (Wildman–Crippen LogP) is 4.32. The number of hydrogen-bond donors (Lipinski definition) is 2. The third-order valence-electron chi connectivity index (χ3n) is 3.73. The van der Waals surface area contributed by atoms with Gasteiger partial charge in [-0.1, -0.05) is 41.3 Å². The summed E-state index contributed by atoms with van der Waals surface area (Å²) in [4.78, 5) is 23.0. The highest BCUT2D eigenvalue weighted by Crippen LogP contribution is 2.33. The Morgan fingerprint density at radius 1 is 1.24 bits per heavy atom. The van der Waals surface area contributed by atoms with Gasteiger partial charge in [0.05, 0.1) is 23.0 Å². The number of nitrogens with one attached hydrogen (secondary N) is 2. The molecule has 0 fully saturated rings. The van der Waals surface area contributed by atoms with E-state index in [9.17, 15) is 14.9 Å². The molecule has 2 N–H and O–H groups in total. The highest BCUT2D eigenvalue weighted by molar-refractivity contribution is 8.02. The molecule has 29 heavy (non-hydrogen) atoms. The van der Waals surface area contributed by atoms with Crippen LogP contribution in [0.3, 0.4) is 0 Å². The molecule has 1 aromatic heterocycles. The van der Waals surface area contributed by atoms with Gasteiger partial charge >= 0.3 is 0 Å². The van der Waals surface area contributed by atoms with Gasteiger partial charge in [0.15, 0.2) is 4.34 Å². The van der Waals surface area contributed by atoms with Gasteiger partial charge in [0.2, 0.25) is 11.0 Å². The van der Waals surface area contributed by atoms with Gasteiger partial charge < -0.3 is 15.4 Å². The number of aromatic nitrogens is 2. The van der Waals surface area contributed by atoms with Crippen LogP contribution in [0.25, 0.3) is 0 Å². The van der Waals surface area contributed by atoms with Crippen LogP contribution in [0.1, 0.15) is 6.92 Å². The second-order valence-electron chi connectivity index (χ2n) is 5.76. The SMILES string of the molecule is COc1ccc([N+](=O)[O-])cc1NC(=O)C(C)Sc1nnc(Nc2ccccc2)s1. The molecule has 0 bridgehead atoms. The Kier molecular flexibility index (Phi) is 6.62. The van der Waals surface area contributed by atoms with Gasteiger partial charge in [0.25, 0.3) is 5.69 Å². The van der Waals surface area contributed by atoms with E-state index in [1.54, 1.807) is 6.92 Å². The highest BCUT2D eigenvalue weighted by atomic mass is 32.2. The topological polar surface area (TPSA) is 119 Å². The Bertz CT molecular complexity index is 1010. The van der Waals surface area contributed by atoms with E-state index in [1.807, 2.05) is 30.3 Å². The molecule has 0 saturated heterocycles. The number of thioether (sulfide) groups is 1. The van der Waals surface area contributed by atoms with E-state index in [2.05, 4.69) is 20.8 Å². The fraction of sp³-hybridized carbons (Fsp3) is 0.167. The number of nitro groups is 1.